The van der Waals surface area contributed by atoms with Crippen LogP contribution in [0.15, 0.2) is 5.38 Å². The van der Waals surface area contributed by atoms with Crippen LogP contribution in [-0.4, -0.2) is 30.3 Å². The lowest BCUT2D eigenvalue weighted by Crippen LogP contribution is -2.14. The first-order valence-electron chi connectivity index (χ1n) is 5.81. The second-order valence-electron chi connectivity index (χ2n) is 3.74. The second kappa shape index (κ2) is 7.32. The third-order valence-corrected chi connectivity index (χ3v) is 2.98. The Bertz CT molecular complexity index is 407. The quantitative estimate of drug-likeness (QED) is 0.786. The molecule has 0 saturated carbocycles. The topological polar surface area (TPSA) is 51.2 Å². The highest BCUT2D eigenvalue weighted by atomic mass is 32.1. The Morgan fingerprint density at radius 2 is 2.26 bits per heavy atom. The van der Waals surface area contributed by atoms with Gasteiger partial charge in [0, 0.05) is 18.3 Å². The maximum atomic E-state index is 11.9. The van der Waals surface area contributed by atoms with Crippen molar-refractivity contribution in [1.82, 2.24) is 4.98 Å². The number of anilines is 1. The predicted octanol–water partition coefficient (Wildman–Crippen LogP) is 3.00. The van der Waals surface area contributed by atoms with Crippen molar-refractivity contribution in [2.75, 3.05) is 18.5 Å². The number of thiazole rings is 1. The number of aryl methyl sites for hydroxylation is 1. The number of hydrogen-bond acceptors (Lipinski definition) is 5. The Hall–Kier alpha value is -1.31. The lowest BCUT2D eigenvalue weighted by atomic mass is 10.2. The van der Waals surface area contributed by atoms with Crippen molar-refractivity contribution in [3.8, 4) is 0 Å². The molecule has 4 nitrogen and oxygen atoms in total. The van der Waals surface area contributed by atoms with E-state index >= 15 is 0 Å². The van der Waals surface area contributed by atoms with Gasteiger partial charge in [0.1, 0.15) is 0 Å². The summed E-state index contributed by atoms with van der Waals surface area (Å²) in [5, 5.41) is 4.76. The minimum absolute atomic E-state index is 0.200. The van der Waals surface area contributed by atoms with E-state index in [-0.39, 0.29) is 18.9 Å². The van der Waals surface area contributed by atoms with Crippen LogP contribution in [0.1, 0.15) is 25.5 Å². The summed E-state index contributed by atoms with van der Waals surface area (Å²) in [6.45, 7) is 1.86. The minimum Gasteiger partial charge on any atom is -0.466 e. The zero-order valence-electron chi connectivity index (χ0n) is 10.4. The van der Waals surface area contributed by atoms with Gasteiger partial charge < -0.3 is 10.1 Å². The van der Waals surface area contributed by atoms with Gasteiger partial charge in [-0.15, -0.1) is 11.3 Å². The van der Waals surface area contributed by atoms with Crippen LogP contribution in [0.5, 0.6) is 0 Å². The second-order valence-corrected chi connectivity index (χ2v) is 4.60. The molecule has 0 spiro atoms. The zero-order valence-corrected chi connectivity index (χ0v) is 11.2. The number of carbonyl (C=O) groups is 1. The van der Waals surface area contributed by atoms with E-state index in [2.05, 4.69) is 10.3 Å². The van der Waals surface area contributed by atoms with Crippen LogP contribution in [-0.2, 0) is 16.0 Å². The molecule has 1 N–H and O–H groups in total. The van der Waals surface area contributed by atoms with Crippen LogP contribution >= 0.6 is 11.3 Å². The lowest BCUT2D eigenvalue weighted by Gasteiger charge is -2.05. The largest absolute Gasteiger partial charge is 0.466 e. The summed E-state index contributed by atoms with van der Waals surface area (Å²) in [6.07, 6.45) is -4.42. The fourth-order valence-corrected chi connectivity index (χ4v) is 2.05. The molecule has 0 saturated heterocycles. The van der Waals surface area contributed by atoms with E-state index in [1.807, 2.05) is 0 Å². The number of nitrogens with zero attached hydrogens (tertiary/aromatic N) is 1. The number of alkyl halides is 3. The summed E-state index contributed by atoms with van der Waals surface area (Å²) >= 11 is 1.22. The molecule has 1 rings (SSSR count). The van der Waals surface area contributed by atoms with E-state index in [4.69, 9.17) is 4.74 Å². The summed E-state index contributed by atoms with van der Waals surface area (Å²) in [7, 11) is 0. The van der Waals surface area contributed by atoms with Gasteiger partial charge in [-0.2, -0.15) is 13.2 Å². The molecule has 0 fully saturated rings. The normalized spacial score (nSPS) is 11.4. The Kier molecular flexibility index (Phi) is 6.07. The number of carbonyl (C=O) groups excluding carboxylic acids is 1. The van der Waals surface area contributed by atoms with E-state index in [9.17, 15) is 18.0 Å². The number of esters is 1. The van der Waals surface area contributed by atoms with E-state index in [0.717, 1.165) is 0 Å². The monoisotopic (exact) mass is 296 g/mol. The van der Waals surface area contributed by atoms with E-state index < -0.39 is 12.6 Å². The molecule has 1 aromatic rings. The first-order chi connectivity index (χ1) is 8.90. The Morgan fingerprint density at radius 1 is 1.53 bits per heavy atom. The molecule has 0 radical (unpaired) electrons. The molecule has 0 atom stereocenters. The van der Waals surface area contributed by atoms with Crippen molar-refractivity contribution in [3.05, 3.63) is 11.1 Å². The van der Waals surface area contributed by atoms with Crippen molar-refractivity contribution in [2.24, 2.45) is 0 Å². The van der Waals surface area contributed by atoms with Gasteiger partial charge in [0.05, 0.1) is 25.1 Å². The average Bonchev–Trinajstić information content (AvgIpc) is 2.73. The maximum absolute atomic E-state index is 11.9. The average molecular weight is 296 g/mol. The highest BCUT2D eigenvalue weighted by Crippen LogP contribution is 2.21. The van der Waals surface area contributed by atoms with E-state index in [1.54, 1.807) is 12.3 Å². The van der Waals surface area contributed by atoms with Crippen LogP contribution in [0.25, 0.3) is 0 Å². The van der Waals surface area contributed by atoms with Gasteiger partial charge in [-0.3, -0.25) is 4.79 Å². The molecule has 108 valence electrons. The van der Waals surface area contributed by atoms with Gasteiger partial charge in [-0.25, -0.2) is 4.98 Å². The fourth-order valence-electron chi connectivity index (χ4n) is 1.28. The van der Waals surface area contributed by atoms with Crippen molar-refractivity contribution in [1.29, 1.82) is 0 Å². The molecule has 0 aromatic carbocycles. The fraction of sp³-hybridized carbons (Fsp3) is 0.636. The van der Waals surface area contributed by atoms with Gasteiger partial charge in [0.15, 0.2) is 5.13 Å². The third-order valence-electron chi connectivity index (χ3n) is 2.13. The summed E-state index contributed by atoms with van der Waals surface area (Å²) in [4.78, 5) is 15.2. The molecule has 8 heteroatoms. The molecule has 1 heterocycles. The molecule has 0 aliphatic heterocycles. The van der Waals surface area contributed by atoms with Gasteiger partial charge in [-0.1, -0.05) is 0 Å². The van der Waals surface area contributed by atoms with Gasteiger partial charge >= 0.3 is 12.1 Å². The highest BCUT2D eigenvalue weighted by Gasteiger charge is 2.26. The number of aromatic nitrogens is 1. The minimum atomic E-state index is -4.17. The van der Waals surface area contributed by atoms with Gasteiger partial charge in [0.2, 0.25) is 0 Å². The van der Waals surface area contributed by atoms with Crippen molar-refractivity contribution < 1.29 is 22.7 Å². The van der Waals surface area contributed by atoms with Gasteiger partial charge in [-0.05, 0) is 6.92 Å². The first-order valence-corrected chi connectivity index (χ1v) is 6.69. The maximum Gasteiger partial charge on any atom is 0.390 e. The van der Waals surface area contributed by atoms with Crippen LogP contribution in [0.3, 0.4) is 0 Å². The highest BCUT2D eigenvalue weighted by molar-refractivity contribution is 7.13. The number of nitrogens with one attached hydrogen (secondary N) is 1. The van der Waals surface area contributed by atoms with E-state index in [1.165, 1.54) is 11.3 Å². The Balaban J connectivity index is 2.30. The zero-order chi connectivity index (χ0) is 14.3. The number of ether oxygens (including phenoxy) is 1. The SMILES string of the molecule is CCOC(=O)CCc1csc(NCCC(F)(F)F)n1. The Morgan fingerprint density at radius 3 is 2.89 bits per heavy atom. The number of hydrogen-bond donors (Lipinski definition) is 1. The van der Waals surface area contributed by atoms with Gasteiger partial charge in [0.25, 0.3) is 0 Å². The Labute approximate surface area is 113 Å². The standard InChI is InChI=1S/C11H15F3N2O2S/c1-2-18-9(17)4-3-8-7-19-10(16-8)15-6-5-11(12,13)14/h7H,2-6H2,1H3,(H,15,16). The van der Waals surface area contributed by atoms with Crippen LogP contribution in [0.2, 0.25) is 0 Å². The molecule has 0 bridgehead atoms. The summed E-state index contributed by atoms with van der Waals surface area (Å²) in [6, 6.07) is 0. The number of rotatable bonds is 7. The van der Waals surface area contributed by atoms with Crippen LogP contribution < -0.4 is 5.32 Å². The number of halogens is 3. The molecular formula is C11H15F3N2O2S. The molecular weight excluding hydrogens is 281 g/mol. The predicted molar refractivity (Wildman–Crippen MR) is 66.2 cm³/mol. The lowest BCUT2D eigenvalue weighted by molar-refractivity contribution is -0.143. The smallest absolute Gasteiger partial charge is 0.390 e. The first kappa shape index (κ1) is 15.7. The molecule has 0 aliphatic rings. The van der Waals surface area contributed by atoms with Crippen LogP contribution in [0.4, 0.5) is 18.3 Å². The summed E-state index contributed by atoms with van der Waals surface area (Å²) in [5.41, 5.74) is 0.674. The molecule has 0 aliphatic carbocycles. The summed E-state index contributed by atoms with van der Waals surface area (Å²) < 4.78 is 40.6. The molecule has 0 unspecified atom stereocenters. The molecule has 0 amide bonds. The van der Waals surface area contributed by atoms with Crippen molar-refractivity contribution in [3.63, 3.8) is 0 Å². The third kappa shape index (κ3) is 7.00. The van der Waals surface area contributed by atoms with E-state index in [0.29, 0.717) is 23.9 Å². The van der Waals surface area contributed by atoms with Crippen LogP contribution in [0, 0.1) is 0 Å². The molecule has 1 aromatic heterocycles. The van der Waals surface area contributed by atoms with Crippen molar-refractivity contribution in [2.45, 2.75) is 32.4 Å². The van der Waals surface area contributed by atoms with Crippen molar-refractivity contribution >= 4 is 22.4 Å². The summed E-state index contributed by atoms with van der Waals surface area (Å²) in [5.74, 6) is -0.304. The molecule has 19 heavy (non-hydrogen) atoms.